The minimum Gasteiger partial charge on any atom is -0.497 e. The quantitative estimate of drug-likeness (QED) is 0.462. The lowest BCUT2D eigenvalue weighted by Gasteiger charge is -2.09. The lowest BCUT2D eigenvalue weighted by atomic mass is 10.1. The molecule has 0 aliphatic carbocycles. The van der Waals surface area contributed by atoms with E-state index in [2.05, 4.69) is 15.8 Å². The topological polar surface area (TPSA) is 79.8 Å². The van der Waals surface area contributed by atoms with E-state index in [-0.39, 0.29) is 12.3 Å². The third kappa shape index (κ3) is 5.76. The van der Waals surface area contributed by atoms with Gasteiger partial charge in [-0.3, -0.25) is 9.59 Å². The number of para-hydroxylation sites is 1. The van der Waals surface area contributed by atoms with Gasteiger partial charge in [0.25, 0.3) is 0 Å². The van der Waals surface area contributed by atoms with Crippen molar-refractivity contribution in [3.05, 3.63) is 59.7 Å². The number of nitrogens with zero attached hydrogens (tertiary/aromatic N) is 1. The van der Waals surface area contributed by atoms with E-state index in [9.17, 15) is 9.59 Å². The summed E-state index contributed by atoms with van der Waals surface area (Å²) in [6.07, 6.45) is 2.01. The molecule has 2 amide bonds. The molecule has 0 bridgehead atoms. The van der Waals surface area contributed by atoms with Gasteiger partial charge in [-0.2, -0.15) is 5.10 Å². The number of carbonyl (C=O) groups is 2. The first-order valence-corrected chi connectivity index (χ1v) is 7.96. The number of hydrogen-bond acceptors (Lipinski definition) is 4. The predicted molar refractivity (Wildman–Crippen MR) is 97.8 cm³/mol. The molecule has 2 aromatic carbocycles. The van der Waals surface area contributed by atoms with Gasteiger partial charge >= 0.3 is 0 Å². The molecule has 6 heteroatoms. The van der Waals surface area contributed by atoms with E-state index in [1.807, 2.05) is 43.3 Å². The summed E-state index contributed by atoms with van der Waals surface area (Å²) in [6, 6.07) is 14.7. The third-order valence-corrected chi connectivity index (χ3v) is 3.51. The standard InChI is InChI=1S/C19H21N3O3/c1-3-15-6-4-5-7-17(15)21-18(23)12-19(24)22-20-13-14-8-10-16(25-2)11-9-14/h4-11,13H,3,12H2,1-2H3,(H,21,23)(H,22,24). The third-order valence-electron chi connectivity index (χ3n) is 3.51. The van der Waals surface area contributed by atoms with Crippen LogP contribution >= 0.6 is 0 Å². The van der Waals surface area contributed by atoms with Crippen LogP contribution < -0.4 is 15.5 Å². The molecule has 25 heavy (non-hydrogen) atoms. The molecule has 0 aliphatic heterocycles. The molecule has 0 aliphatic rings. The van der Waals surface area contributed by atoms with E-state index < -0.39 is 5.91 Å². The SMILES string of the molecule is CCc1ccccc1NC(=O)CC(=O)NN=Cc1ccc(OC)cc1. The van der Waals surface area contributed by atoms with E-state index in [1.165, 1.54) is 6.21 Å². The van der Waals surface area contributed by atoms with Gasteiger partial charge < -0.3 is 10.1 Å². The predicted octanol–water partition coefficient (Wildman–Crippen LogP) is 2.74. The highest BCUT2D eigenvalue weighted by Gasteiger charge is 2.10. The van der Waals surface area contributed by atoms with Crippen LogP contribution in [0, 0.1) is 0 Å². The average Bonchev–Trinajstić information content (AvgIpc) is 2.62. The largest absolute Gasteiger partial charge is 0.497 e. The molecule has 2 N–H and O–H groups in total. The van der Waals surface area contributed by atoms with Gasteiger partial charge in [-0.25, -0.2) is 5.43 Å². The maximum atomic E-state index is 12.0. The summed E-state index contributed by atoms with van der Waals surface area (Å²) in [4.78, 5) is 23.7. The van der Waals surface area contributed by atoms with Crippen LogP contribution in [0.4, 0.5) is 5.69 Å². The van der Waals surface area contributed by atoms with Gasteiger partial charge in [0.1, 0.15) is 12.2 Å². The van der Waals surface area contributed by atoms with E-state index in [0.29, 0.717) is 0 Å². The number of rotatable bonds is 7. The Morgan fingerprint density at radius 3 is 2.48 bits per heavy atom. The minimum atomic E-state index is -0.476. The Hall–Kier alpha value is -3.15. The zero-order valence-electron chi connectivity index (χ0n) is 14.3. The summed E-state index contributed by atoms with van der Waals surface area (Å²) in [5, 5.41) is 6.59. The zero-order chi connectivity index (χ0) is 18.1. The first kappa shape index (κ1) is 18.2. The monoisotopic (exact) mass is 339 g/mol. The molecule has 0 radical (unpaired) electrons. The molecule has 130 valence electrons. The molecular formula is C19H21N3O3. The van der Waals surface area contributed by atoms with E-state index in [0.717, 1.165) is 29.0 Å². The van der Waals surface area contributed by atoms with Crippen LogP contribution in [-0.4, -0.2) is 25.1 Å². The van der Waals surface area contributed by atoms with Crippen molar-refractivity contribution in [1.82, 2.24) is 5.43 Å². The summed E-state index contributed by atoms with van der Waals surface area (Å²) in [6.45, 7) is 2.01. The first-order chi connectivity index (χ1) is 12.1. The second kappa shape index (κ2) is 9.22. The van der Waals surface area contributed by atoms with Gasteiger partial charge in [0, 0.05) is 5.69 Å². The number of amides is 2. The summed E-state index contributed by atoms with van der Waals surface area (Å²) in [5.41, 5.74) is 4.90. The van der Waals surface area contributed by atoms with Crippen molar-refractivity contribution in [2.24, 2.45) is 5.10 Å². The van der Waals surface area contributed by atoms with Crippen molar-refractivity contribution >= 4 is 23.7 Å². The number of ether oxygens (including phenoxy) is 1. The number of methoxy groups -OCH3 is 1. The van der Waals surface area contributed by atoms with Crippen molar-refractivity contribution in [1.29, 1.82) is 0 Å². The number of anilines is 1. The molecule has 0 saturated heterocycles. The van der Waals surface area contributed by atoms with Crippen LogP contribution in [0.25, 0.3) is 0 Å². The van der Waals surface area contributed by atoms with E-state index in [1.54, 1.807) is 19.2 Å². The molecular weight excluding hydrogens is 318 g/mol. The molecule has 0 aromatic heterocycles. The second-order valence-electron chi connectivity index (χ2n) is 5.30. The normalized spacial score (nSPS) is 10.5. The smallest absolute Gasteiger partial charge is 0.249 e. The van der Waals surface area contributed by atoms with Crippen LogP contribution in [0.15, 0.2) is 53.6 Å². The number of nitrogens with one attached hydrogen (secondary N) is 2. The van der Waals surface area contributed by atoms with Crippen LogP contribution in [0.2, 0.25) is 0 Å². The highest BCUT2D eigenvalue weighted by Crippen LogP contribution is 2.15. The maximum Gasteiger partial charge on any atom is 0.249 e. The van der Waals surface area contributed by atoms with E-state index >= 15 is 0 Å². The zero-order valence-corrected chi connectivity index (χ0v) is 14.3. The fourth-order valence-corrected chi connectivity index (χ4v) is 2.20. The van der Waals surface area contributed by atoms with Crippen molar-refractivity contribution in [3.8, 4) is 5.75 Å². The molecule has 0 saturated carbocycles. The first-order valence-electron chi connectivity index (χ1n) is 7.96. The van der Waals surface area contributed by atoms with Crippen LogP contribution in [0.5, 0.6) is 5.75 Å². The number of carbonyl (C=O) groups excluding carboxylic acids is 2. The van der Waals surface area contributed by atoms with Gasteiger partial charge in [0.05, 0.1) is 13.3 Å². The lowest BCUT2D eigenvalue weighted by Crippen LogP contribution is -2.25. The van der Waals surface area contributed by atoms with Crippen molar-refractivity contribution in [3.63, 3.8) is 0 Å². The van der Waals surface area contributed by atoms with Gasteiger partial charge in [-0.15, -0.1) is 0 Å². The summed E-state index contributed by atoms with van der Waals surface area (Å²) in [5.74, 6) is -0.112. The molecule has 0 heterocycles. The molecule has 0 fully saturated rings. The Balaban J connectivity index is 1.82. The average molecular weight is 339 g/mol. The lowest BCUT2D eigenvalue weighted by molar-refractivity contribution is -0.126. The Morgan fingerprint density at radius 1 is 1.08 bits per heavy atom. The molecule has 2 aromatic rings. The van der Waals surface area contributed by atoms with Crippen LogP contribution in [-0.2, 0) is 16.0 Å². The van der Waals surface area contributed by atoms with Crippen molar-refractivity contribution in [2.75, 3.05) is 12.4 Å². The Labute approximate surface area is 146 Å². The van der Waals surface area contributed by atoms with Gasteiger partial charge in [-0.1, -0.05) is 25.1 Å². The highest BCUT2D eigenvalue weighted by atomic mass is 16.5. The number of hydrogen-bond donors (Lipinski definition) is 2. The summed E-state index contributed by atoms with van der Waals surface area (Å²) in [7, 11) is 1.59. The molecule has 6 nitrogen and oxygen atoms in total. The van der Waals surface area contributed by atoms with Gasteiger partial charge in [0.15, 0.2) is 0 Å². The van der Waals surface area contributed by atoms with Crippen LogP contribution in [0.1, 0.15) is 24.5 Å². The van der Waals surface area contributed by atoms with Gasteiger partial charge in [-0.05, 0) is 47.9 Å². The molecule has 0 unspecified atom stereocenters. The second-order valence-corrected chi connectivity index (χ2v) is 5.30. The van der Waals surface area contributed by atoms with E-state index in [4.69, 9.17) is 4.74 Å². The van der Waals surface area contributed by atoms with Crippen molar-refractivity contribution < 1.29 is 14.3 Å². The maximum absolute atomic E-state index is 12.0. The fraction of sp³-hybridized carbons (Fsp3) is 0.211. The fourth-order valence-electron chi connectivity index (χ4n) is 2.20. The van der Waals surface area contributed by atoms with Crippen LogP contribution in [0.3, 0.4) is 0 Å². The Bertz CT molecular complexity index is 755. The minimum absolute atomic E-state index is 0.294. The summed E-state index contributed by atoms with van der Waals surface area (Å²) >= 11 is 0. The number of aryl methyl sites for hydroxylation is 1. The van der Waals surface area contributed by atoms with Crippen molar-refractivity contribution in [2.45, 2.75) is 19.8 Å². The number of benzene rings is 2. The Morgan fingerprint density at radius 2 is 1.80 bits per heavy atom. The molecule has 0 spiro atoms. The molecule has 0 atom stereocenters. The Kier molecular flexibility index (Phi) is 6.71. The number of hydrazone groups is 1. The summed E-state index contributed by atoms with van der Waals surface area (Å²) < 4.78 is 5.06. The van der Waals surface area contributed by atoms with Gasteiger partial charge in [0.2, 0.25) is 11.8 Å². The highest BCUT2D eigenvalue weighted by molar-refractivity contribution is 6.04. The molecule has 2 rings (SSSR count).